The van der Waals surface area contributed by atoms with Crippen molar-refractivity contribution in [2.24, 2.45) is 0 Å². The Hall–Kier alpha value is -3.45. The first-order chi connectivity index (χ1) is 14.4. The van der Waals surface area contributed by atoms with E-state index >= 15 is 0 Å². The van der Waals surface area contributed by atoms with E-state index in [1.807, 2.05) is 35.7 Å². The molecule has 0 saturated heterocycles. The molecule has 6 nitrogen and oxygen atoms in total. The van der Waals surface area contributed by atoms with Gasteiger partial charge in [0.05, 0.1) is 10.4 Å². The molecular formula is C23H22N2O4S. The van der Waals surface area contributed by atoms with Gasteiger partial charge >= 0.3 is 5.97 Å². The van der Waals surface area contributed by atoms with Gasteiger partial charge in [0.25, 0.3) is 11.8 Å². The maximum Gasteiger partial charge on any atom is 0.338 e. The van der Waals surface area contributed by atoms with Gasteiger partial charge in [-0.15, -0.1) is 11.3 Å². The molecule has 1 atom stereocenters. The van der Waals surface area contributed by atoms with Crippen molar-refractivity contribution >= 4 is 34.8 Å². The molecule has 0 saturated carbocycles. The first-order valence-electron chi connectivity index (χ1n) is 9.39. The monoisotopic (exact) mass is 422 g/mol. The zero-order chi connectivity index (χ0) is 21.5. The van der Waals surface area contributed by atoms with Crippen molar-refractivity contribution < 1.29 is 19.1 Å². The zero-order valence-electron chi connectivity index (χ0n) is 16.7. The molecule has 2 aromatic carbocycles. The Balaban J connectivity index is 1.59. The SMILES string of the molecule is CC(OC(=O)c1cccc(NC(=O)c2cccs2)c1)C(=O)N(C)Cc1ccccc1. The van der Waals surface area contributed by atoms with Crippen LogP contribution in [0.25, 0.3) is 0 Å². The summed E-state index contributed by atoms with van der Waals surface area (Å²) in [5, 5.41) is 4.57. The maximum atomic E-state index is 12.6. The number of benzene rings is 2. The molecule has 3 aromatic rings. The van der Waals surface area contributed by atoms with E-state index in [2.05, 4.69) is 5.32 Å². The summed E-state index contributed by atoms with van der Waals surface area (Å²) >= 11 is 1.33. The molecule has 0 fully saturated rings. The fourth-order valence-electron chi connectivity index (χ4n) is 2.85. The second-order valence-electron chi connectivity index (χ2n) is 6.74. The molecule has 2 amide bonds. The molecule has 1 N–H and O–H groups in total. The number of likely N-dealkylation sites (N-methyl/N-ethyl adjacent to an activating group) is 1. The van der Waals surface area contributed by atoms with Crippen LogP contribution in [0.3, 0.4) is 0 Å². The molecule has 0 bridgehead atoms. The Kier molecular flexibility index (Phi) is 6.98. The highest BCUT2D eigenvalue weighted by atomic mass is 32.1. The molecule has 0 aliphatic heterocycles. The van der Waals surface area contributed by atoms with Crippen LogP contribution in [0.2, 0.25) is 0 Å². The number of ether oxygens (including phenoxy) is 1. The van der Waals surface area contributed by atoms with Gasteiger partial charge in [-0.1, -0.05) is 42.5 Å². The number of thiophene rings is 1. The van der Waals surface area contributed by atoms with Gasteiger partial charge in [0.15, 0.2) is 6.10 Å². The average molecular weight is 423 g/mol. The molecule has 0 aliphatic carbocycles. The summed E-state index contributed by atoms with van der Waals surface area (Å²) in [6.45, 7) is 1.97. The molecule has 1 unspecified atom stereocenters. The van der Waals surface area contributed by atoms with Gasteiger partial charge in [-0.2, -0.15) is 0 Å². The highest BCUT2D eigenvalue weighted by molar-refractivity contribution is 7.12. The van der Waals surface area contributed by atoms with Crippen molar-refractivity contribution in [2.45, 2.75) is 19.6 Å². The number of hydrogen-bond acceptors (Lipinski definition) is 5. The van der Waals surface area contributed by atoms with Crippen molar-refractivity contribution in [1.82, 2.24) is 4.90 Å². The summed E-state index contributed by atoms with van der Waals surface area (Å²) in [6.07, 6.45) is -0.935. The van der Waals surface area contributed by atoms with E-state index in [-0.39, 0.29) is 17.4 Å². The van der Waals surface area contributed by atoms with E-state index in [0.717, 1.165) is 5.56 Å². The first-order valence-corrected chi connectivity index (χ1v) is 10.3. The molecule has 0 radical (unpaired) electrons. The third-order valence-electron chi connectivity index (χ3n) is 4.37. The highest BCUT2D eigenvalue weighted by Gasteiger charge is 2.22. The van der Waals surface area contributed by atoms with E-state index in [1.165, 1.54) is 22.3 Å². The van der Waals surface area contributed by atoms with Gasteiger partial charge in [0.1, 0.15) is 0 Å². The number of nitrogens with zero attached hydrogens (tertiary/aromatic N) is 1. The van der Waals surface area contributed by atoms with Gasteiger partial charge in [-0.3, -0.25) is 9.59 Å². The lowest BCUT2D eigenvalue weighted by atomic mass is 10.2. The Labute approximate surface area is 179 Å². The number of amides is 2. The minimum atomic E-state index is -0.935. The van der Waals surface area contributed by atoms with Crippen LogP contribution in [0.1, 0.15) is 32.5 Å². The minimum Gasteiger partial charge on any atom is -0.449 e. The summed E-state index contributed by atoms with van der Waals surface area (Å²) in [7, 11) is 1.67. The molecule has 7 heteroatoms. The highest BCUT2D eigenvalue weighted by Crippen LogP contribution is 2.16. The summed E-state index contributed by atoms with van der Waals surface area (Å²) in [4.78, 5) is 39.3. The third-order valence-corrected chi connectivity index (χ3v) is 5.24. The Morgan fingerprint density at radius 1 is 1.03 bits per heavy atom. The molecule has 0 spiro atoms. The molecular weight excluding hydrogens is 400 g/mol. The Morgan fingerprint density at radius 2 is 1.80 bits per heavy atom. The van der Waals surface area contributed by atoms with Crippen LogP contribution < -0.4 is 5.32 Å². The number of anilines is 1. The van der Waals surface area contributed by atoms with Gasteiger partial charge in [0.2, 0.25) is 0 Å². The predicted molar refractivity (Wildman–Crippen MR) is 117 cm³/mol. The van der Waals surface area contributed by atoms with Crippen LogP contribution in [0.15, 0.2) is 72.1 Å². The predicted octanol–water partition coefficient (Wildman–Crippen LogP) is 4.20. The summed E-state index contributed by atoms with van der Waals surface area (Å²) in [5.74, 6) is -1.17. The third kappa shape index (κ3) is 5.55. The minimum absolute atomic E-state index is 0.249. The molecule has 30 heavy (non-hydrogen) atoms. The largest absolute Gasteiger partial charge is 0.449 e. The maximum absolute atomic E-state index is 12.6. The second-order valence-corrected chi connectivity index (χ2v) is 7.69. The molecule has 1 aromatic heterocycles. The van der Waals surface area contributed by atoms with E-state index in [4.69, 9.17) is 4.74 Å². The number of rotatable bonds is 7. The number of hydrogen-bond donors (Lipinski definition) is 1. The van der Waals surface area contributed by atoms with Gasteiger partial charge in [-0.05, 0) is 42.1 Å². The Morgan fingerprint density at radius 3 is 2.50 bits per heavy atom. The van der Waals surface area contributed by atoms with Crippen molar-refractivity contribution in [3.8, 4) is 0 Å². The van der Waals surface area contributed by atoms with E-state index in [1.54, 1.807) is 44.3 Å². The number of carbonyl (C=O) groups excluding carboxylic acids is 3. The van der Waals surface area contributed by atoms with E-state index in [0.29, 0.717) is 17.1 Å². The van der Waals surface area contributed by atoms with Crippen molar-refractivity contribution in [1.29, 1.82) is 0 Å². The van der Waals surface area contributed by atoms with E-state index < -0.39 is 12.1 Å². The summed E-state index contributed by atoms with van der Waals surface area (Å²) in [6, 6.07) is 19.5. The lowest BCUT2D eigenvalue weighted by Crippen LogP contribution is -2.37. The van der Waals surface area contributed by atoms with Crippen molar-refractivity contribution in [3.05, 3.63) is 88.1 Å². The van der Waals surface area contributed by atoms with Crippen molar-refractivity contribution in [2.75, 3.05) is 12.4 Å². The average Bonchev–Trinajstić information content (AvgIpc) is 3.29. The van der Waals surface area contributed by atoms with Crippen LogP contribution >= 0.6 is 11.3 Å². The van der Waals surface area contributed by atoms with Crippen LogP contribution in [-0.2, 0) is 16.1 Å². The molecule has 154 valence electrons. The Bertz CT molecular complexity index is 1020. The fourth-order valence-corrected chi connectivity index (χ4v) is 3.47. The summed E-state index contributed by atoms with van der Waals surface area (Å²) in [5.41, 5.74) is 1.72. The van der Waals surface area contributed by atoms with Crippen LogP contribution in [0, 0.1) is 0 Å². The van der Waals surface area contributed by atoms with Gasteiger partial charge in [0, 0.05) is 19.3 Å². The topological polar surface area (TPSA) is 75.7 Å². The van der Waals surface area contributed by atoms with Gasteiger partial charge in [-0.25, -0.2) is 4.79 Å². The lowest BCUT2D eigenvalue weighted by molar-refractivity contribution is -0.139. The molecule has 0 aliphatic rings. The van der Waals surface area contributed by atoms with E-state index in [9.17, 15) is 14.4 Å². The van der Waals surface area contributed by atoms with Crippen LogP contribution in [-0.4, -0.2) is 35.8 Å². The first kappa shape index (κ1) is 21.3. The lowest BCUT2D eigenvalue weighted by Gasteiger charge is -2.21. The fraction of sp³-hybridized carbons (Fsp3) is 0.174. The number of carbonyl (C=O) groups is 3. The zero-order valence-corrected chi connectivity index (χ0v) is 17.5. The van der Waals surface area contributed by atoms with Crippen LogP contribution in [0.4, 0.5) is 5.69 Å². The quantitative estimate of drug-likeness (QED) is 0.579. The standard InChI is InChI=1S/C23H22N2O4S/c1-16(22(27)25(2)15-17-8-4-3-5-9-17)29-23(28)18-10-6-11-19(14-18)24-21(26)20-12-7-13-30-20/h3-14,16H,15H2,1-2H3,(H,24,26). The van der Waals surface area contributed by atoms with Crippen molar-refractivity contribution in [3.63, 3.8) is 0 Å². The number of esters is 1. The smallest absolute Gasteiger partial charge is 0.338 e. The molecule has 3 rings (SSSR count). The normalized spacial score (nSPS) is 11.4. The molecule has 1 heterocycles. The second kappa shape index (κ2) is 9.84. The summed E-state index contributed by atoms with van der Waals surface area (Å²) < 4.78 is 5.35. The van der Waals surface area contributed by atoms with Gasteiger partial charge < -0.3 is 15.0 Å². The number of nitrogens with one attached hydrogen (secondary N) is 1. The van der Waals surface area contributed by atoms with Crippen LogP contribution in [0.5, 0.6) is 0 Å².